The van der Waals surface area contributed by atoms with Gasteiger partial charge >= 0.3 is 5.97 Å². The van der Waals surface area contributed by atoms with Gasteiger partial charge in [-0.25, -0.2) is 13.2 Å². The number of hydrogen-bond donors (Lipinski definition) is 1. The molecule has 0 bridgehead atoms. The maximum atomic E-state index is 13.4. The van der Waals surface area contributed by atoms with E-state index < -0.39 is 15.8 Å². The van der Waals surface area contributed by atoms with Gasteiger partial charge in [-0.3, -0.25) is 4.79 Å². The van der Waals surface area contributed by atoms with Crippen LogP contribution in [0, 0.1) is 13.8 Å². The number of H-pyrrole nitrogens is 1. The van der Waals surface area contributed by atoms with Gasteiger partial charge in [-0.1, -0.05) is 0 Å². The lowest BCUT2D eigenvalue weighted by Crippen LogP contribution is -2.45. The van der Waals surface area contributed by atoms with Crippen molar-refractivity contribution in [2.75, 3.05) is 31.3 Å². The molecule has 0 aliphatic carbocycles. The number of aromatic nitrogens is 1. The number of aryl methyl sites for hydroxylation is 1. The van der Waals surface area contributed by atoms with Crippen molar-refractivity contribution in [1.29, 1.82) is 0 Å². The molecular formula is C19H28N2O6S. The molecule has 2 fully saturated rings. The fraction of sp³-hybridized carbons (Fsp3) is 0.684. The van der Waals surface area contributed by atoms with Gasteiger partial charge in [0.05, 0.1) is 29.8 Å². The molecule has 1 N–H and O–H groups in total. The quantitative estimate of drug-likeness (QED) is 0.712. The van der Waals surface area contributed by atoms with Gasteiger partial charge in [0.25, 0.3) is 5.91 Å². The lowest BCUT2D eigenvalue weighted by molar-refractivity contribution is 0.0437. The summed E-state index contributed by atoms with van der Waals surface area (Å²) in [5.41, 5.74) is 1.76. The zero-order valence-corrected chi connectivity index (χ0v) is 17.4. The van der Waals surface area contributed by atoms with Gasteiger partial charge in [-0.15, -0.1) is 0 Å². The van der Waals surface area contributed by atoms with E-state index in [2.05, 4.69) is 4.98 Å². The van der Waals surface area contributed by atoms with E-state index >= 15 is 0 Å². The first-order chi connectivity index (χ1) is 13.2. The van der Waals surface area contributed by atoms with E-state index in [4.69, 9.17) is 9.47 Å². The van der Waals surface area contributed by atoms with Gasteiger partial charge < -0.3 is 19.4 Å². The molecule has 1 aromatic rings. The number of rotatable bonds is 6. The minimum atomic E-state index is -3.14. The Bertz CT molecular complexity index is 854. The summed E-state index contributed by atoms with van der Waals surface area (Å²) in [4.78, 5) is 30.3. The second kappa shape index (κ2) is 8.24. The zero-order valence-electron chi connectivity index (χ0n) is 16.6. The second-order valence-corrected chi connectivity index (χ2v) is 9.72. The van der Waals surface area contributed by atoms with Crippen LogP contribution in [0.3, 0.4) is 0 Å². The van der Waals surface area contributed by atoms with Crippen molar-refractivity contribution in [3.05, 3.63) is 22.5 Å². The van der Waals surface area contributed by atoms with Crippen LogP contribution in [-0.2, 0) is 19.3 Å². The van der Waals surface area contributed by atoms with Crippen molar-refractivity contribution in [2.24, 2.45) is 0 Å². The summed E-state index contributed by atoms with van der Waals surface area (Å²) in [6, 6.07) is -0.379. The third-order valence-corrected chi connectivity index (χ3v) is 7.22. The lowest BCUT2D eigenvalue weighted by atomic mass is 10.1. The van der Waals surface area contributed by atoms with E-state index in [9.17, 15) is 18.0 Å². The standard InChI is InChI=1S/C19H28N2O6S/c1-4-26-19(23)16-12(2)17(20-13(16)3)18(22)21(10-15-6-5-8-27-15)14-7-9-28(24,25)11-14/h14-15,20H,4-11H2,1-3H3/t14-,15+/m0/s1. The summed E-state index contributed by atoms with van der Waals surface area (Å²) < 4.78 is 34.8. The van der Waals surface area contributed by atoms with Crippen LogP contribution in [-0.4, -0.2) is 73.6 Å². The van der Waals surface area contributed by atoms with Crippen molar-refractivity contribution in [1.82, 2.24) is 9.88 Å². The van der Waals surface area contributed by atoms with Gasteiger partial charge in [-0.2, -0.15) is 0 Å². The molecule has 156 valence electrons. The molecule has 3 heterocycles. The van der Waals surface area contributed by atoms with E-state index in [1.54, 1.807) is 25.7 Å². The molecule has 28 heavy (non-hydrogen) atoms. The normalized spacial score (nSPS) is 23.7. The predicted molar refractivity (Wildman–Crippen MR) is 103 cm³/mol. The van der Waals surface area contributed by atoms with E-state index in [1.165, 1.54) is 0 Å². The minimum absolute atomic E-state index is 0.0328. The fourth-order valence-electron chi connectivity index (χ4n) is 4.04. The Balaban J connectivity index is 1.90. The van der Waals surface area contributed by atoms with Gasteiger partial charge in [0.15, 0.2) is 9.84 Å². The Morgan fingerprint density at radius 2 is 2.04 bits per heavy atom. The van der Waals surface area contributed by atoms with Crippen molar-refractivity contribution in [3.63, 3.8) is 0 Å². The van der Waals surface area contributed by atoms with Crippen LogP contribution in [0.1, 0.15) is 58.3 Å². The van der Waals surface area contributed by atoms with Crippen LogP contribution in [0.15, 0.2) is 0 Å². The summed E-state index contributed by atoms with van der Waals surface area (Å²) >= 11 is 0. The number of ether oxygens (including phenoxy) is 2. The number of nitrogens with zero attached hydrogens (tertiary/aromatic N) is 1. The molecule has 8 nitrogen and oxygen atoms in total. The topological polar surface area (TPSA) is 106 Å². The molecule has 0 saturated carbocycles. The molecular weight excluding hydrogens is 384 g/mol. The third kappa shape index (κ3) is 4.25. The van der Waals surface area contributed by atoms with E-state index in [0.717, 1.165) is 12.8 Å². The van der Waals surface area contributed by atoms with E-state index in [0.29, 0.717) is 42.1 Å². The largest absolute Gasteiger partial charge is 0.462 e. The number of amides is 1. The van der Waals surface area contributed by atoms with E-state index in [-0.39, 0.29) is 36.2 Å². The molecule has 2 saturated heterocycles. The molecule has 0 radical (unpaired) electrons. The summed E-state index contributed by atoms with van der Waals surface area (Å²) in [5, 5.41) is 0. The number of carbonyl (C=O) groups is 2. The number of nitrogens with one attached hydrogen (secondary N) is 1. The van der Waals surface area contributed by atoms with Gasteiger partial charge in [-0.05, 0) is 45.6 Å². The highest BCUT2D eigenvalue weighted by molar-refractivity contribution is 7.91. The smallest absolute Gasteiger partial charge is 0.340 e. The average Bonchev–Trinajstić information content (AvgIpc) is 3.32. The molecule has 0 spiro atoms. The maximum Gasteiger partial charge on any atom is 0.340 e. The Hall–Kier alpha value is -1.87. The SMILES string of the molecule is CCOC(=O)c1c(C)[nH]c(C(=O)N(C[C@H]2CCCO2)[C@H]2CCS(=O)(=O)C2)c1C. The lowest BCUT2D eigenvalue weighted by Gasteiger charge is -2.30. The molecule has 2 atom stereocenters. The minimum Gasteiger partial charge on any atom is -0.462 e. The first-order valence-corrected chi connectivity index (χ1v) is 11.5. The van der Waals surface area contributed by atoms with Crippen molar-refractivity contribution >= 4 is 21.7 Å². The highest BCUT2D eigenvalue weighted by Crippen LogP contribution is 2.26. The Morgan fingerprint density at radius 1 is 1.29 bits per heavy atom. The van der Waals surface area contributed by atoms with Crippen LogP contribution in [0.5, 0.6) is 0 Å². The van der Waals surface area contributed by atoms with Gasteiger partial charge in [0.2, 0.25) is 0 Å². The fourth-order valence-corrected chi connectivity index (χ4v) is 5.77. The zero-order chi connectivity index (χ0) is 20.5. The molecule has 0 unspecified atom stereocenters. The Labute approximate surface area is 165 Å². The van der Waals surface area contributed by atoms with Crippen LogP contribution in [0.4, 0.5) is 0 Å². The maximum absolute atomic E-state index is 13.4. The molecule has 3 rings (SSSR count). The van der Waals surface area contributed by atoms with Crippen LogP contribution in [0.25, 0.3) is 0 Å². The molecule has 0 aromatic carbocycles. The number of hydrogen-bond acceptors (Lipinski definition) is 6. The number of esters is 1. The molecule has 9 heteroatoms. The van der Waals surface area contributed by atoms with Crippen molar-refractivity contribution in [3.8, 4) is 0 Å². The summed E-state index contributed by atoms with van der Waals surface area (Å²) in [7, 11) is -3.14. The average molecular weight is 413 g/mol. The van der Waals surface area contributed by atoms with Crippen molar-refractivity contribution < 1.29 is 27.5 Å². The predicted octanol–water partition coefficient (Wildman–Crippen LogP) is 1.62. The first-order valence-electron chi connectivity index (χ1n) is 9.72. The third-order valence-electron chi connectivity index (χ3n) is 5.47. The van der Waals surface area contributed by atoms with Crippen LogP contribution < -0.4 is 0 Å². The monoisotopic (exact) mass is 412 g/mol. The van der Waals surface area contributed by atoms with Crippen LogP contribution in [0.2, 0.25) is 0 Å². The van der Waals surface area contributed by atoms with E-state index in [1.807, 2.05) is 0 Å². The Kier molecular flexibility index (Phi) is 6.14. The summed E-state index contributed by atoms with van der Waals surface area (Å²) in [6.07, 6.45) is 2.11. The van der Waals surface area contributed by atoms with Crippen molar-refractivity contribution in [2.45, 2.75) is 52.2 Å². The second-order valence-electron chi connectivity index (χ2n) is 7.49. The Morgan fingerprint density at radius 3 is 2.61 bits per heavy atom. The van der Waals surface area contributed by atoms with Gasteiger partial charge in [0.1, 0.15) is 5.69 Å². The first kappa shape index (κ1) is 20.9. The molecule has 1 aromatic heterocycles. The molecule has 1 amide bonds. The number of sulfone groups is 1. The molecule has 2 aliphatic rings. The summed E-state index contributed by atoms with van der Waals surface area (Å²) in [6.45, 7) is 6.41. The summed E-state index contributed by atoms with van der Waals surface area (Å²) in [5.74, 6) is -0.714. The van der Waals surface area contributed by atoms with Crippen LogP contribution >= 0.6 is 0 Å². The highest BCUT2D eigenvalue weighted by atomic mass is 32.2. The molecule has 2 aliphatic heterocycles. The number of carbonyl (C=O) groups excluding carboxylic acids is 2. The highest BCUT2D eigenvalue weighted by Gasteiger charge is 2.38. The van der Waals surface area contributed by atoms with Gasteiger partial charge in [0, 0.05) is 24.9 Å². The number of aromatic amines is 1.